The molecule has 0 spiro atoms. The molecule has 2 heterocycles. The second kappa shape index (κ2) is 5.02. The average molecular weight is 320 g/mol. The second-order valence-electron chi connectivity index (χ2n) is 5.73. The lowest BCUT2D eigenvalue weighted by Gasteiger charge is -2.15. The summed E-state index contributed by atoms with van der Waals surface area (Å²) in [6.45, 7) is 0.358. The van der Waals surface area contributed by atoms with Gasteiger partial charge in [0.1, 0.15) is 0 Å². The molecule has 1 fully saturated rings. The van der Waals surface area contributed by atoms with Gasteiger partial charge in [-0.05, 0) is 30.5 Å². The molecule has 22 heavy (non-hydrogen) atoms. The van der Waals surface area contributed by atoms with E-state index in [1.807, 2.05) is 12.2 Å². The standard InChI is InChI=1S/C16H14ClNO4/c17-12-5-9(6-13-14(12)22-8-21-13)7-18-15(19)10-3-1-2-4-11(10)16(18)20/h1-2,5-6,10-11H,3-4,7-8H2. The van der Waals surface area contributed by atoms with Crippen molar-refractivity contribution in [1.29, 1.82) is 0 Å². The van der Waals surface area contributed by atoms with Crippen molar-refractivity contribution in [2.45, 2.75) is 19.4 Å². The summed E-state index contributed by atoms with van der Waals surface area (Å²) >= 11 is 6.15. The first kappa shape index (κ1) is 13.6. The molecule has 1 aromatic carbocycles. The summed E-state index contributed by atoms with van der Waals surface area (Å²) in [5, 5.41) is 0.433. The fourth-order valence-corrected chi connectivity index (χ4v) is 3.61. The number of benzene rings is 1. The first-order valence-electron chi connectivity index (χ1n) is 7.23. The summed E-state index contributed by atoms with van der Waals surface area (Å²) in [7, 11) is 0. The lowest BCUT2D eigenvalue weighted by atomic mass is 9.85. The summed E-state index contributed by atoms with van der Waals surface area (Å²) in [6, 6.07) is 3.49. The molecule has 1 aliphatic carbocycles. The average Bonchev–Trinajstić information content (AvgIpc) is 3.08. The molecule has 5 nitrogen and oxygen atoms in total. The predicted octanol–water partition coefficient (Wildman–Crippen LogP) is 2.52. The number of ether oxygens (including phenoxy) is 2. The molecular formula is C16H14ClNO4. The highest BCUT2D eigenvalue weighted by molar-refractivity contribution is 6.32. The molecule has 0 radical (unpaired) electrons. The Kier molecular flexibility index (Phi) is 3.11. The van der Waals surface area contributed by atoms with Crippen molar-refractivity contribution in [3.05, 3.63) is 34.9 Å². The van der Waals surface area contributed by atoms with Crippen LogP contribution in [0.4, 0.5) is 0 Å². The maximum Gasteiger partial charge on any atom is 0.233 e. The highest BCUT2D eigenvalue weighted by Gasteiger charge is 2.47. The molecule has 1 saturated heterocycles. The maximum absolute atomic E-state index is 12.5. The van der Waals surface area contributed by atoms with Gasteiger partial charge < -0.3 is 9.47 Å². The Bertz CT molecular complexity index is 674. The van der Waals surface area contributed by atoms with Crippen LogP contribution in [0, 0.1) is 11.8 Å². The number of carbonyl (C=O) groups is 2. The Morgan fingerprint density at radius 2 is 1.77 bits per heavy atom. The summed E-state index contributed by atoms with van der Waals surface area (Å²) in [6.07, 6.45) is 5.25. The number of hydrogen-bond acceptors (Lipinski definition) is 4. The van der Waals surface area contributed by atoms with Gasteiger partial charge in [-0.1, -0.05) is 23.8 Å². The molecule has 3 aliphatic rings. The molecule has 2 aliphatic heterocycles. The zero-order valence-electron chi connectivity index (χ0n) is 11.8. The molecule has 0 aromatic heterocycles. The summed E-state index contributed by atoms with van der Waals surface area (Å²) in [4.78, 5) is 26.3. The smallest absolute Gasteiger partial charge is 0.233 e. The van der Waals surface area contributed by atoms with Gasteiger partial charge in [0.05, 0.1) is 23.4 Å². The van der Waals surface area contributed by atoms with Crippen LogP contribution in [-0.2, 0) is 16.1 Å². The molecule has 2 atom stereocenters. The lowest BCUT2D eigenvalue weighted by Crippen LogP contribution is -2.30. The molecule has 1 aromatic rings. The van der Waals surface area contributed by atoms with E-state index in [9.17, 15) is 9.59 Å². The number of nitrogens with zero attached hydrogens (tertiary/aromatic N) is 1. The van der Waals surface area contributed by atoms with Crippen LogP contribution >= 0.6 is 11.6 Å². The van der Waals surface area contributed by atoms with Crippen LogP contribution in [0.2, 0.25) is 5.02 Å². The van der Waals surface area contributed by atoms with Crippen LogP contribution in [-0.4, -0.2) is 23.5 Å². The fourth-order valence-electron chi connectivity index (χ4n) is 3.32. The lowest BCUT2D eigenvalue weighted by molar-refractivity contribution is -0.140. The molecular weight excluding hydrogens is 306 g/mol. The van der Waals surface area contributed by atoms with Crippen LogP contribution in [0.15, 0.2) is 24.3 Å². The highest BCUT2D eigenvalue weighted by atomic mass is 35.5. The van der Waals surface area contributed by atoms with Crippen molar-refractivity contribution in [3.8, 4) is 11.5 Å². The quantitative estimate of drug-likeness (QED) is 0.621. The highest BCUT2D eigenvalue weighted by Crippen LogP contribution is 2.41. The Labute approximate surface area is 132 Å². The number of carbonyl (C=O) groups excluding carboxylic acids is 2. The normalized spacial score (nSPS) is 25.8. The van der Waals surface area contributed by atoms with Crippen LogP contribution in [0.1, 0.15) is 18.4 Å². The van der Waals surface area contributed by atoms with E-state index in [-0.39, 0.29) is 37.0 Å². The van der Waals surface area contributed by atoms with Crippen LogP contribution in [0.5, 0.6) is 11.5 Å². The monoisotopic (exact) mass is 319 g/mol. The van der Waals surface area contributed by atoms with E-state index in [4.69, 9.17) is 21.1 Å². The van der Waals surface area contributed by atoms with Crippen LogP contribution in [0.25, 0.3) is 0 Å². The molecule has 6 heteroatoms. The maximum atomic E-state index is 12.5. The van der Waals surface area contributed by atoms with Gasteiger partial charge in [-0.15, -0.1) is 0 Å². The van der Waals surface area contributed by atoms with E-state index in [2.05, 4.69) is 0 Å². The fraction of sp³-hybridized carbons (Fsp3) is 0.375. The molecule has 2 amide bonds. The van der Waals surface area contributed by atoms with Crippen LogP contribution in [0.3, 0.4) is 0 Å². The topological polar surface area (TPSA) is 55.8 Å². The molecule has 0 bridgehead atoms. The number of halogens is 1. The summed E-state index contributed by atoms with van der Waals surface area (Å²) in [5.74, 6) is 0.480. The van der Waals surface area contributed by atoms with Gasteiger partial charge in [0.2, 0.25) is 18.6 Å². The van der Waals surface area contributed by atoms with Gasteiger partial charge in [0.25, 0.3) is 0 Å². The molecule has 4 rings (SSSR count). The largest absolute Gasteiger partial charge is 0.454 e. The van der Waals surface area contributed by atoms with Crippen LogP contribution < -0.4 is 9.47 Å². The summed E-state index contributed by atoms with van der Waals surface area (Å²) in [5.41, 5.74) is 0.766. The van der Waals surface area contributed by atoms with Gasteiger partial charge in [-0.2, -0.15) is 0 Å². The number of amides is 2. The van der Waals surface area contributed by atoms with Crippen molar-refractivity contribution in [3.63, 3.8) is 0 Å². The number of hydrogen-bond donors (Lipinski definition) is 0. The molecule has 2 unspecified atom stereocenters. The van der Waals surface area contributed by atoms with Crippen molar-refractivity contribution < 1.29 is 19.1 Å². The van der Waals surface area contributed by atoms with E-state index in [1.165, 1.54) is 4.90 Å². The Morgan fingerprint density at radius 1 is 1.09 bits per heavy atom. The zero-order chi connectivity index (χ0) is 15.3. The van der Waals surface area contributed by atoms with Gasteiger partial charge in [0, 0.05) is 0 Å². The Morgan fingerprint density at radius 3 is 2.45 bits per heavy atom. The minimum Gasteiger partial charge on any atom is -0.454 e. The van der Waals surface area contributed by atoms with E-state index in [1.54, 1.807) is 12.1 Å². The molecule has 0 saturated carbocycles. The zero-order valence-corrected chi connectivity index (χ0v) is 12.5. The van der Waals surface area contributed by atoms with Crippen molar-refractivity contribution in [2.75, 3.05) is 6.79 Å². The third-order valence-electron chi connectivity index (χ3n) is 4.43. The Hall–Kier alpha value is -2.01. The number of allylic oxidation sites excluding steroid dienone is 2. The van der Waals surface area contributed by atoms with Crippen molar-refractivity contribution >= 4 is 23.4 Å². The predicted molar refractivity (Wildman–Crippen MR) is 78.5 cm³/mol. The number of fused-ring (bicyclic) bond motifs is 2. The van der Waals surface area contributed by atoms with Gasteiger partial charge in [-0.25, -0.2) is 0 Å². The molecule has 114 valence electrons. The van der Waals surface area contributed by atoms with E-state index in [0.717, 1.165) is 5.56 Å². The summed E-state index contributed by atoms with van der Waals surface area (Å²) < 4.78 is 10.6. The number of likely N-dealkylation sites (tertiary alicyclic amines) is 1. The Balaban J connectivity index is 1.60. The third-order valence-corrected chi connectivity index (χ3v) is 4.71. The van der Waals surface area contributed by atoms with Gasteiger partial charge in [-0.3, -0.25) is 14.5 Å². The minimum atomic E-state index is -0.206. The SMILES string of the molecule is O=C1C2CC=CCC2C(=O)N1Cc1cc(Cl)c2c(c1)OCO2. The minimum absolute atomic E-state index is 0.0897. The molecule has 0 N–H and O–H groups in total. The number of imide groups is 1. The van der Waals surface area contributed by atoms with E-state index in [0.29, 0.717) is 29.4 Å². The van der Waals surface area contributed by atoms with Crippen molar-refractivity contribution in [1.82, 2.24) is 4.90 Å². The van der Waals surface area contributed by atoms with E-state index >= 15 is 0 Å². The second-order valence-corrected chi connectivity index (χ2v) is 6.14. The van der Waals surface area contributed by atoms with Gasteiger partial charge >= 0.3 is 0 Å². The number of rotatable bonds is 2. The third kappa shape index (κ3) is 2.00. The first-order valence-corrected chi connectivity index (χ1v) is 7.61. The van der Waals surface area contributed by atoms with E-state index < -0.39 is 0 Å². The van der Waals surface area contributed by atoms with Crippen molar-refractivity contribution in [2.24, 2.45) is 11.8 Å². The van der Waals surface area contributed by atoms with Gasteiger partial charge in [0.15, 0.2) is 11.5 Å². The first-order chi connectivity index (χ1) is 10.6.